The first-order valence-corrected chi connectivity index (χ1v) is 5.61. The van der Waals surface area contributed by atoms with Gasteiger partial charge in [0.15, 0.2) is 0 Å². The van der Waals surface area contributed by atoms with Crippen LogP contribution in [0.15, 0.2) is 18.2 Å². The van der Waals surface area contributed by atoms with Gasteiger partial charge in [-0.2, -0.15) is 0 Å². The van der Waals surface area contributed by atoms with Crippen molar-refractivity contribution in [3.8, 4) is 5.75 Å². The number of halogens is 1. The largest absolute Gasteiger partial charge is 0.507 e. The molecule has 5 heteroatoms. The third-order valence-corrected chi connectivity index (χ3v) is 2.70. The van der Waals surface area contributed by atoms with E-state index < -0.39 is 10.8 Å². The minimum Gasteiger partial charge on any atom is -0.507 e. The smallest absolute Gasteiger partial charge is 0.341 e. The zero-order valence-electron chi connectivity index (χ0n) is 8.64. The van der Waals surface area contributed by atoms with Crippen LogP contribution in [0.2, 0.25) is 0 Å². The van der Waals surface area contributed by atoms with Gasteiger partial charge in [-0.05, 0) is 24.6 Å². The van der Waals surface area contributed by atoms with Crippen molar-refractivity contribution < 1.29 is 19.4 Å². The predicted molar refractivity (Wildman–Crippen MR) is 61.8 cm³/mol. The van der Waals surface area contributed by atoms with Crippen LogP contribution in [0.4, 0.5) is 0 Å². The summed E-state index contributed by atoms with van der Waals surface area (Å²) in [4.78, 5) is 21.5. The van der Waals surface area contributed by atoms with Crippen LogP contribution in [0.25, 0.3) is 0 Å². The molecular weight excluding hydrogens is 276 g/mol. The Morgan fingerprint density at radius 2 is 2.31 bits per heavy atom. The molecule has 0 bridgehead atoms. The second-order valence-electron chi connectivity index (χ2n) is 3.03. The van der Waals surface area contributed by atoms with Gasteiger partial charge in [-0.1, -0.05) is 22.0 Å². The lowest BCUT2D eigenvalue weighted by Gasteiger charge is -2.07. The molecule has 0 amide bonds. The average Bonchev–Trinajstić information content (AvgIpc) is 2.29. The fourth-order valence-corrected chi connectivity index (χ4v) is 1.46. The van der Waals surface area contributed by atoms with Crippen LogP contribution in [-0.2, 0) is 9.53 Å². The van der Waals surface area contributed by atoms with E-state index in [0.29, 0.717) is 11.8 Å². The Bertz CT molecular complexity index is 403. The van der Waals surface area contributed by atoms with E-state index in [1.165, 1.54) is 12.1 Å². The molecule has 0 aliphatic carbocycles. The van der Waals surface area contributed by atoms with E-state index >= 15 is 0 Å². The number of aldehydes is 1. The van der Waals surface area contributed by atoms with Gasteiger partial charge in [0.1, 0.15) is 17.6 Å². The molecule has 0 fully saturated rings. The maximum Gasteiger partial charge on any atom is 0.341 e. The van der Waals surface area contributed by atoms with Gasteiger partial charge in [0.2, 0.25) is 0 Å². The Morgan fingerprint density at radius 3 is 2.88 bits per heavy atom. The monoisotopic (exact) mass is 286 g/mol. The van der Waals surface area contributed by atoms with Gasteiger partial charge in [-0.15, -0.1) is 0 Å². The number of aromatic hydroxyl groups is 1. The molecule has 0 aliphatic heterocycles. The number of rotatable bonds is 4. The Morgan fingerprint density at radius 1 is 1.62 bits per heavy atom. The Labute approximate surface area is 101 Å². The van der Waals surface area contributed by atoms with Crippen molar-refractivity contribution in [2.75, 3.05) is 6.61 Å². The van der Waals surface area contributed by atoms with Gasteiger partial charge in [-0.3, -0.25) is 0 Å². The SMILES string of the molecule is CCOC(=O)c1cc(C(Br)C=O)ccc1O. The third kappa shape index (κ3) is 2.82. The molecule has 0 saturated carbocycles. The quantitative estimate of drug-likeness (QED) is 0.524. The van der Waals surface area contributed by atoms with Gasteiger partial charge in [0.25, 0.3) is 0 Å². The van der Waals surface area contributed by atoms with Crippen molar-refractivity contribution in [3.63, 3.8) is 0 Å². The number of ether oxygens (including phenoxy) is 1. The van der Waals surface area contributed by atoms with Gasteiger partial charge in [0.05, 0.1) is 11.4 Å². The highest BCUT2D eigenvalue weighted by Crippen LogP contribution is 2.26. The van der Waals surface area contributed by atoms with Crippen molar-refractivity contribution >= 4 is 28.2 Å². The molecule has 0 radical (unpaired) electrons. The van der Waals surface area contributed by atoms with Crippen LogP contribution in [0.5, 0.6) is 5.75 Å². The van der Waals surface area contributed by atoms with Crippen molar-refractivity contribution in [3.05, 3.63) is 29.3 Å². The zero-order valence-corrected chi connectivity index (χ0v) is 10.2. The molecule has 0 aliphatic rings. The van der Waals surface area contributed by atoms with E-state index in [-0.39, 0.29) is 17.9 Å². The Kier molecular flexibility index (Phi) is 4.49. The summed E-state index contributed by atoms with van der Waals surface area (Å²) < 4.78 is 4.77. The molecular formula is C11H11BrO4. The van der Waals surface area contributed by atoms with E-state index in [2.05, 4.69) is 15.9 Å². The van der Waals surface area contributed by atoms with Gasteiger partial charge < -0.3 is 14.6 Å². The van der Waals surface area contributed by atoms with E-state index in [1.807, 2.05) is 0 Å². The van der Waals surface area contributed by atoms with Crippen molar-refractivity contribution in [2.45, 2.75) is 11.8 Å². The summed E-state index contributed by atoms with van der Waals surface area (Å²) in [5.41, 5.74) is 0.654. The molecule has 0 spiro atoms. The number of hydrogen-bond acceptors (Lipinski definition) is 4. The van der Waals surface area contributed by atoms with Gasteiger partial charge >= 0.3 is 5.97 Å². The molecule has 1 aromatic carbocycles. The lowest BCUT2D eigenvalue weighted by atomic mass is 10.1. The number of phenols is 1. The first-order valence-electron chi connectivity index (χ1n) is 4.69. The molecule has 1 N–H and O–H groups in total. The van der Waals surface area contributed by atoms with Gasteiger partial charge in [-0.25, -0.2) is 4.79 Å². The van der Waals surface area contributed by atoms with Crippen LogP contribution in [0.3, 0.4) is 0 Å². The number of carbonyl (C=O) groups excluding carboxylic acids is 2. The number of hydrogen-bond donors (Lipinski definition) is 1. The summed E-state index contributed by atoms with van der Waals surface area (Å²) in [7, 11) is 0. The number of benzene rings is 1. The second-order valence-corrected chi connectivity index (χ2v) is 4.02. The van der Waals surface area contributed by atoms with Crippen molar-refractivity contribution in [1.82, 2.24) is 0 Å². The summed E-state index contributed by atoms with van der Waals surface area (Å²) in [6.45, 7) is 1.91. The minimum absolute atomic E-state index is 0.0608. The van der Waals surface area contributed by atoms with Crippen LogP contribution < -0.4 is 0 Å². The Hall–Kier alpha value is -1.36. The first kappa shape index (κ1) is 12.7. The summed E-state index contributed by atoms with van der Waals surface area (Å²) in [6.07, 6.45) is 0.696. The van der Waals surface area contributed by atoms with E-state index in [0.717, 1.165) is 0 Å². The van der Waals surface area contributed by atoms with E-state index in [9.17, 15) is 14.7 Å². The van der Waals surface area contributed by atoms with Crippen LogP contribution in [0.1, 0.15) is 27.7 Å². The predicted octanol–water partition coefficient (Wildman–Crippen LogP) is 2.20. The maximum atomic E-state index is 11.4. The molecule has 1 rings (SSSR count). The first-order chi connectivity index (χ1) is 7.60. The highest BCUT2D eigenvalue weighted by molar-refractivity contribution is 9.09. The number of carbonyl (C=O) groups is 2. The van der Waals surface area contributed by atoms with Gasteiger partial charge in [0, 0.05) is 0 Å². The zero-order chi connectivity index (χ0) is 12.1. The summed E-state index contributed by atoms with van der Waals surface area (Å²) in [5.74, 6) is -0.764. The number of phenolic OH excluding ortho intramolecular Hbond substituents is 1. The molecule has 1 atom stereocenters. The van der Waals surface area contributed by atoms with E-state index in [1.54, 1.807) is 13.0 Å². The van der Waals surface area contributed by atoms with Crippen molar-refractivity contribution in [2.24, 2.45) is 0 Å². The number of alkyl halides is 1. The average molecular weight is 287 g/mol. The summed E-state index contributed by atoms with van der Waals surface area (Å²) in [5, 5.41) is 9.48. The van der Waals surface area contributed by atoms with Crippen LogP contribution in [0, 0.1) is 0 Å². The molecule has 0 saturated heterocycles. The fraction of sp³-hybridized carbons (Fsp3) is 0.273. The molecule has 0 aromatic heterocycles. The number of esters is 1. The molecule has 1 aromatic rings. The van der Waals surface area contributed by atoms with E-state index in [4.69, 9.17) is 4.74 Å². The normalized spacial score (nSPS) is 11.9. The molecule has 16 heavy (non-hydrogen) atoms. The topological polar surface area (TPSA) is 63.6 Å². The highest BCUT2D eigenvalue weighted by Gasteiger charge is 2.15. The second kappa shape index (κ2) is 5.65. The maximum absolute atomic E-state index is 11.4. The Balaban J connectivity index is 3.08. The van der Waals surface area contributed by atoms with Crippen LogP contribution in [-0.4, -0.2) is 24.0 Å². The highest BCUT2D eigenvalue weighted by atomic mass is 79.9. The summed E-state index contributed by atoms with van der Waals surface area (Å²) in [6, 6.07) is 4.35. The fourth-order valence-electron chi connectivity index (χ4n) is 1.18. The van der Waals surface area contributed by atoms with Crippen molar-refractivity contribution in [1.29, 1.82) is 0 Å². The minimum atomic E-state index is -0.604. The molecule has 0 heterocycles. The van der Waals surface area contributed by atoms with Crippen LogP contribution >= 0.6 is 15.9 Å². The third-order valence-electron chi connectivity index (χ3n) is 1.95. The molecule has 1 unspecified atom stereocenters. The summed E-state index contributed by atoms with van der Waals surface area (Å²) >= 11 is 3.13. The lowest BCUT2D eigenvalue weighted by molar-refractivity contribution is -0.107. The molecule has 86 valence electrons. The lowest BCUT2D eigenvalue weighted by Crippen LogP contribution is -2.06. The molecule has 4 nitrogen and oxygen atoms in total. The standard InChI is InChI=1S/C11H11BrO4/c1-2-16-11(15)8-5-7(9(12)6-13)3-4-10(8)14/h3-6,9,14H,2H2,1H3.